The molecular formula is C68H122O16. The van der Waals surface area contributed by atoms with Crippen LogP contribution in [-0.2, 0) is 76.0 Å². The van der Waals surface area contributed by atoms with E-state index in [1.54, 1.807) is 126 Å². The smallest absolute Gasteiger partial charge is 0.302 e. The van der Waals surface area contributed by atoms with Gasteiger partial charge in [-0.3, -0.25) is 19.2 Å². The van der Waals surface area contributed by atoms with Gasteiger partial charge in [0, 0.05) is 86.8 Å². The molecule has 12 unspecified atom stereocenters. The standard InChI is InChI=1S/C18H32O7.C15H22.C11H20O3.C10H16.2C4H8O2.2C3H8O/c1-13(19)21-8-17(4,5)15-24-11-18(12-25-15)9-22-14(23-10-18)16(2,3)7-20-6;1-2-10-11(3-1)13-7-12(10)14-8-4-5-9(6-8)15(13)14;1-9(12)14-8-11-5-3-10(4-6-11)7-13-2;1-2-9-7-4-5-8(6-7)10(9)3-1;2*1-3-6-4(2)5;2*1-3-4-2/h14-15H,7-12H2,1-6H3;8-15H,1-7H2;10-11H,3-8H2,1-2H3;7-10H,1-6H2;2*3H2,1-2H3;2*3H2,1-2H3. The molecule has 9 saturated carbocycles. The zero-order valence-corrected chi connectivity index (χ0v) is 55.8. The van der Waals surface area contributed by atoms with Crippen molar-refractivity contribution in [1.29, 1.82) is 0 Å². The van der Waals surface area contributed by atoms with Gasteiger partial charge in [0.1, 0.15) is 6.61 Å². The summed E-state index contributed by atoms with van der Waals surface area (Å²) in [6.07, 6.45) is 24.9. The van der Waals surface area contributed by atoms with Crippen molar-refractivity contribution in [3.8, 4) is 0 Å². The van der Waals surface area contributed by atoms with Crippen LogP contribution in [0.4, 0.5) is 0 Å². The van der Waals surface area contributed by atoms with Gasteiger partial charge in [-0.05, 0) is 207 Å². The third-order valence-corrected chi connectivity index (χ3v) is 20.4. The normalized spacial score (nSPS) is 34.8. The van der Waals surface area contributed by atoms with E-state index in [-0.39, 0.29) is 47.6 Å². The van der Waals surface area contributed by atoms with Crippen LogP contribution in [-0.4, -0.2) is 144 Å². The number of hydrogen-bond acceptors (Lipinski definition) is 16. The van der Waals surface area contributed by atoms with Crippen LogP contribution in [0.1, 0.15) is 192 Å². The molecule has 84 heavy (non-hydrogen) atoms. The Hall–Kier alpha value is -2.44. The fraction of sp³-hybridized carbons (Fsp3) is 0.941. The second kappa shape index (κ2) is 37.5. The largest absolute Gasteiger partial charge is 0.466 e. The Labute approximate surface area is 509 Å². The Bertz CT molecular complexity index is 1780. The summed E-state index contributed by atoms with van der Waals surface area (Å²) >= 11 is 0. The lowest BCUT2D eigenvalue weighted by molar-refractivity contribution is -0.337. The summed E-state index contributed by atoms with van der Waals surface area (Å²) in [6, 6.07) is 0. The summed E-state index contributed by atoms with van der Waals surface area (Å²) in [5.74, 6) is 15.0. The monoisotopic (exact) mass is 1190 g/mol. The number of esters is 4. The molecule has 12 atom stereocenters. The molecule has 490 valence electrons. The average molecular weight is 1200 g/mol. The van der Waals surface area contributed by atoms with Crippen molar-refractivity contribution in [2.75, 3.05) is 108 Å². The Morgan fingerprint density at radius 2 is 0.750 bits per heavy atom. The van der Waals surface area contributed by atoms with Gasteiger partial charge in [-0.25, -0.2) is 0 Å². The minimum Gasteiger partial charge on any atom is -0.466 e. The van der Waals surface area contributed by atoms with Gasteiger partial charge in [0.05, 0.1) is 58.3 Å². The molecule has 9 aliphatic carbocycles. The number of hydrogen-bond donors (Lipinski definition) is 0. The lowest BCUT2D eigenvalue weighted by atomic mass is 9.64. The van der Waals surface area contributed by atoms with Gasteiger partial charge in [-0.2, -0.15) is 0 Å². The van der Waals surface area contributed by atoms with Crippen molar-refractivity contribution in [3.63, 3.8) is 0 Å². The van der Waals surface area contributed by atoms with E-state index >= 15 is 0 Å². The van der Waals surface area contributed by atoms with Crippen LogP contribution in [0.3, 0.4) is 0 Å². The first-order chi connectivity index (χ1) is 40.1. The van der Waals surface area contributed by atoms with E-state index in [1.165, 1.54) is 124 Å². The van der Waals surface area contributed by atoms with E-state index in [2.05, 4.69) is 32.8 Å². The topological polar surface area (TPSA) is 179 Å². The van der Waals surface area contributed by atoms with Crippen molar-refractivity contribution < 1.29 is 76.0 Å². The number of rotatable bonds is 14. The number of fused-ring (bicyclic) bond motifs is 17. The van der Waals surface area contributed by atoms with E-state index in [9.17, 15) is 19.2 Å². The van der Waals surface area contributed by atoms with E-state index in [1.807, 2.05) is 27.7 Å². The molecule has 11 rings (SSSR count). The molecule has 0 amide bonds. The van der Waals surface area contributed by atoms with E-state index in [0.29, 0.717) is 64.7 Å². The molecule has 16 nitrogen and oxygen atoms in total. The van der Waals surface area contributed by atoms with E-state index in [0.717, 1.165) is 19.8 Å². The van der Waals surface area contributed by atoms with Crippen molar-refractivity contribution in [2.45, 2.75) is 205 Å². The Kier molecular flexibility index (Phi) is 33.1. The predicted molar refractivity (Wildman–Crippen MR) is 325 cm³/mol. The van der Waals surface area contributed by atoms with Gasteiger partial charge in [0.2, 0.25) is 0 Å². The van der Waals surface area contributed by atoms with Crippen LogP contribution in [0.5, 0.6) is 0 Å². The fourth-order valence-corrected chi connectivity index (χ4v) is 16.8. The Morgan fingerprint density at radius 1 is 0.393 bits per heavy atom. The average Bonchev–Trinajstić information content (AvgIpc) is 1.64. The number of methoxy groups -OCH3 is 4. The molecule has 0 N–H and O–H groups in total. The summed E-state index contributed by atoms with van der Waals surface area (Å²) < 4.78 is 62.2. The highest BCUT2D eigenvalue weighted by Crippen LogP contribution is 2.72. The third kappa shape index (κ3) is 22.6. The van der Waals surface area contributed by atoms with Crippen LogP contribution in [0.2, 0.25) is 0 Å². The first-order valence-corrected chi connectivity index (χ1v) is 33.0. The zero-order chi connectivity index (χ0) is 62.0. The molecule has 2 saturated heterocycles. The maximum atomic E-state index is 11.0. The molecule has 1 spiro atoms. The minimum absolute atomic E-state index is 0.163. The highest BCUT2D eigenvalue weighted by atomic mass is 16.7. The third-order valence-electron chi connectivity index (χ3n) is 20.4. The van der Waals surface area contributed by atoms with Gasteiger partial charge in [-0.15, -0.1) is 0 Å². The van der Waals surface area contributed by atoms with Crippen LogP contribution >= 0.6 is 0 Å². The highest BCUT2D eigenvalue weighted by Gasteiger charge is 2.66. The van der Waals surface area contributed by atoms with Crippen molar-refractivity contribution in [1.82, 2.24) is 0 Å². The van der Waals surface area contributed by atoms with Gasteiger partial charge in [-0.1, -0.05) is 40.5 Å². The quantitative estimate of drug-likeness (QED) is 0.0910. The van der Waals surface area contributed by atoms with Gasteiger partial charge < -0.3 is 56.8 Å². The Morgan fingerprint density at radius 3 is 1.10 bits per heavy atom. The lowest BCUT2D eigenvalue weighted by Gasteiger charge is -2.48. The van der Waals surface area contributed by atoms with Crippen molar-refractivity contribution in [3.05, 3.63) is 0 Å². The number of carbonyl (C=O) groups is 4. The molecule has 0 radical (unpaired) electrons. The van der Waals surface area contributed by atoms with Crippen LogP contribution in [0.15, 0.2) is 0 Å². The summed E-state index contributed by atoms with van der Waals surface area (Å²) in [7, 11) is 6.79. The van der Waals surface area contributed by atoms with Crippen molar-refractivity contribution >= 4 is 23.9 Å². The first-order valence-electron chi connectivity index (χ1n) is 33.0. The van der Waals surface area contributed by atoms with Crippen LogP contribution in [0, 0.1) is 99.1 Å². The van der Waals surface area contributed by atoms with Crippen molar-refractivity contribution in [2.24, 2.45) is 99.1 Å². The molecular weight excluding hydrogens is 1070 g/mol. The maximum Gasteiger partial charge on any atom is 0.302 e. The summed E-state index contributed by atoms with van der Waals surface area (Å²) in [5, 5.41) is 0. The molecule has 2 aliphatic heterocycles. The van der Waals surface area contributed by atoms with E-state index in [4.69, 9.17) is 37.9 Å². The molecule has 0 aromatic rings. The molecule has 6 bridgehead atoms. The summed E-state index contributed by atoms with van der Waals surface area (Å²) in [6.45, 7) is 28.0. The molecule has 16 heteroatoms. The zero-order valence-electron chi connectivity index (χ0n) is 55.8. The molecule has 11 aliphatic rings. The maximum absolute atomic E-state index is 11.0. The van der Waals surface area contributed by atoms with Gasteiger partial charge in [0.25, 0.3) is 0 Å². The number of ether oxygens (including phenoxy) is 12. The SMILES string of the molecule is C1CC2C(C1)C1CC2C2C3CCC(C3)C12.C1CC2C3CCC(C3)C2C1.CCOC.CCOC.CCOC(C)=O.CCOC(C)=O.COCC(C)(C)C1OCC2(CO1)COC(C(C)(C)COC(C)=O)OC2.COCC1CCC(COC(C)=O)CC1. The van der Waals surface area contributed by atoms with Crippen LogP contribution < -0.4 is 0 Å². The molecule has 2 heterocycles. The Balaban J connectivity index is 0.000000223. The highest BCUT2D eigenvalue weighted by molar-refractivity contribution is 5.66. The summed E-state index contributed by atoms with van der Waals surface area (Å²) in [5.41, 5.74) is -0.943. The van der Waals surface area contributed by atoms with Gasteiger partial charge >= 0.3 is 23.9 Å². The second-order valence-corrected chi connectivity index (χ2v) is 27.6. The molecule has 11 fully saturated rings. The molecule has 0 aromatic heterocycles. The number of carbonyl (C=O) groups excluding carboxylic acids is 4. The lowest BCUT2D eigenvalue weighted by Crippen LogP contribution is -2.57. The summed E-state index contributed by atoms with van der Waals surface area (Å²) in [4.78, 5) is 41.3. The van der Waals surface area contributed by atoms with E-state index < -0.39 is 11.7 Å². The fourth-order valence-electron chi connectivity index (χ4n) is 16.8. The minimum atomic E-state index is -0.430. The van der Waals surface area contributed by atoms with Gasteiger partial charge in [0.15, 0.2) is 12.6 Å². The molecule has 0 aromatic carbocycles. The first kappa shape index (κ1) is 74.0. The second-order valence-electron chi connectivity index (χ2n) is 27.6. The van der Waals surface area contributed by atoms with Crippen LogP contribution in [0.25, 0.3) is 0 Å². The predicted octanol–water partition coefficient (Wildman–Crippen LogP) is 13.0.